The molecule has 0 fully saturated rings. The lowest BCUT2D eigenvalue weighted by molar-refractivity contribution is 0.0822. The molecule has 25 heavy (non-hydrogen) atoms. The molecule has 1 N–H and O–H groups in total. The van der Waals surface area contributed by atoms with Crippen molar-refractivity contribution < 1.29 is 9.18 Å². The highest BCUT2D eigenvalue weighted by Crippen LogP contribution is 2.32. The average Bonchev–Trinajstić information content (AvgIpc) is 3.15. The van der Waals surface area contributed by atoms with Crippen LogP contribution in [0.4, 0.5) is 4.39 Å². The van der Waals surface area contributed by atoms with Crippen molar-refractivity contribution in [2.45, 2.75) is 6.92 Å². The summed E-state index contributed by atoms with van der Waals surface area (Å²) in [5.74, 6) is -0.453. The largest absolute Gasteiger partial charge is 0.343 e. The highest BCUT2D eigenvalue weighted by atomic mass is 19.1. The SMILES string of the molecule is Cc1cc(C(=O)N(C)C)ncc1-n1c2ccc(F)cc2c2[nH]ncc21. The minimum Gasteiger partial charge on any atom is -0.343 e. The normalized spacial score (nSPS) is 11.4. The van der Waals surface area contributed by atoms with Crippen molar-refractivity contribution in [3.63, 3.8) is 0 Å². The number of pyridine rings is 1. The maximum Gasteiger partial charge on any atom is 0.271 e. The molecule has 0 radical (unpaired) electrons. The average molecular weight is 337 g/mol. The number of hydrogen-bond donors (Lipinski definition) is 1. The summed E-state index contributed by atoms with van der Waals surface area (Å²) in [6, 6.07) is 6.41. The molecule has 7 heteroatoms. The first kappa shape index (κ1) is 15.3. The predicted octanol–water partition coefficient (Wildman–Crippen LogP) is 3.05. The Morgan fingerprint density at radius 2 is 2.00 bits per heavy atom. The lowest BCUT2D eigenvalue weighted by Crippen LogP contribution is -2.23. The number of benzene rings is 1. The van der Waals surface area contributed by atoms with E-state index < -0.39 is 0 Å². The van der Waals surface area contributed by atoms with Gasteiger partial charge in [0.2, 0.25) is 0 Å². The van der Waals surface area contributed by atoms with Gasteiger partial charge in [0.1, 0.15) is 11.5 Å². The van der Waals surface area contributed by atoms with Gasteiger partial charge in [-0.1, -0.05) is 0 Å². The van der Waals surface area contributed by atoms with Gasteiger partial charge in [-0.3, -0.25) is 9.89 Å². The van der Waals surface area contributed by atoms with Crippen molar-refractivity contribution in [2.24, 2.45) is 0 Å². The number of aromatic amines is 1. The van der Waals surface area contributed by atoms with Crippen LogP contribution in [0.3, 0.4) is 0 Å². The third-order valence-electron chi connectivity index (χ3n) is 4.28. The van der Waals surface area contributed by atoms with Gasteiger partial charge in [0.25, 0.3) is 5.91 Å². The number of carbonyl (C=O) groups excluding carboxylic acids is 1. The van der Waals surface area contributed by atoms with Gasteiger partial charge in [-0.2, -0.15) is 5.10 Å². The number of nitrogens with zero attached hydrogens (tertiary/aromatic N) is 4. The van der Waals surface area contributed by atoms with Crippen LogP contribution in [0.1, 0.15) is 16.1 Å². The summed E-state index contributed by atoms with van der Waals surface area (Å²) in [6.07, 6.45) is 3.37. The predicted molar refractivity (Wildman–Crippen MR) is 93.4 cm³/mol. The number of fused-ring (bicyclic) bond motifs is 3. The van der Waals surface area contributed by atoms with Crippen molar-refractivity contribution in [3.05, 3.63) is 53.7 Å². The summed E-state index contributed by atoms with van der Waals surface area (Å²) in [7, 11) is 3.38. The molecule has 0 aliphatic heterocycles. The standard InChI is InChI=1S/C18H16FN5O/c1-10-6-13(18(25)23(2)3)20-8-15(10)24-14-5-4-11(19)7-12(14)17-16(24)9-21-22-17/h4-9H,1-3H3,(H,21,22). The van der Waals surface area contributed by atoms with Crippen molar-refractivity contribution in [1.29, 1.82) is 0 Å². The van der Waals surface area contributed by atoms with Crippen LogP contribution in [0.25, 0.3) is 27.6 Å². The molecule has 1 amide bonds. The van der Waals surface area contributed by atoms with Gasteiger partial charge in [0.15, 0.2) is 0 Å². The van der Waals surface area contributed by atoms with E-state index in [0.29, 0.717) is 5.69 Å². The molecule has 3 heterocycles. The molecule has 0 saturated carbocycles. The fraction of sp³-hybridized carbons (Fsp3) is 0.167. The number of nitrogens with one attached hydrogen (secondary N) is 1. The number of aromatic nitrogens is 4. The molecule has 126 valence electrons. The monoisotopic (exact) mass is 337 g/mol. The summed E-state index contributed by atoms with van der Waals surface area (Å²) >= 11 is 0. The smallest absolute Gasteiger partial charge is 0.271 e. The van der Waals surface area contributed by atoms with Gasteiger partial charge in [-0.25, -0.2) is 9.37 Å². The number of aryl methyl sites for hydroxylation is 1. The van der Waals surface area contributed by atoms with E-state index in [2.05, 4.69) is 15.2 Å². The summed E-state index contributed by atoms with van der Waals surface area (Å²) in [5.41, 5.74) is 4.55. The molecule has 4 rings (SSSR count). The van der Waals surface area contributed by atoms with E-state index in [1.165, 1.54) is 17.0 Å². The van der Waals surface area contributed by atoms with Gasteiger partial charge >= 0.3 is 0 Å². The lowest BCUT2D eigenvalue weighted by Gasteiger charge is -2.13. The topological polar surface area (TPSA) is 66.8 Å². The lowest BCUT2D eigenvalue weighted by atomic mass is 10.2. The van der Waals surface area contributed by atoms with E-state index in [-0.39, 0.29) is 11.7 Å². The Morgan fingerprint density at radius 1 is 1.20 bits per heavy atom. The molecule has 0 atom stereocenters. The van der Waals surface area contributed by atoms with E-state index in [1.807, 2.05) is 11.5 Å². The second-order valence-electron chi connectivity index (χ2n) is 6.18. The Labute approximate surface area is 142 Å². The summed E-state index contributed by atoms with van der Waals surface area (Å²) in [6.45, 7) is 1.92. The Balaban J connectivity index is 1.98. The van der Waals surface area contributed by atoms with Crippen LogP contribution in [0.5, 0.6) is 0 Å². The van der Waals surface area contributed by atoms with Gasteiger partial charge in [0, 0.05) is 19.5 Å². The van der Waals surface area contributed by atoms with Crippen molar-refractivity contribution in [2.75, 3.05) is 14.1 Å². The van der Waals surface area contributed by atoms with Crippen LogP contribution in [-0.4, -0.2) is 44.7 Å². The van der Waals surface area contributed by atoms with E-state index in [0.717, 1.165) is 33.2 Å². The van der Waals surface area contributed by atoms with Crippen molar-refractivity contribution in [1.82, 2.24) is 24.6 Å². The number of amides is 1. The molecule has 0 aliphatic rings. The third kappa shape index (κ3) is 2.27. The van der Waals surface area contributed by atoms with Gasteiger partial charge in [-0.15, -0.1) is 0 Å². The first-order valence-corrected chi connectivity index (χ1v) is 7.79. The molecule has 4 aromatic rings. The van der Waals surface area contributed by atoms with Crippen LogP contribution < -0.4 is 0 Å². The minimum absolute atomic E-state index is 0.150. The number of H-pyrrole nitrogens is 1. The molecule has 0 spiro atoms. The van der Waals surface area contributed by atoms with Crippen molar-refractivity contribution in [3.8, 4) is 5.69 Å². The minimum atomic E-state index is -0.303. The third-order valence-corrected chi connectivity index (χ3v) is 4.28. The molecule has 0 bridgehead atoms. The highest BCUT2D eigenvalue weighted by molar-refractivity contribution is 6.07. The highest BCUT2D eigenvalue weighted by Gasteiger charge is 2.17. The number of halogens is 1. The maximum absolute atomic E-state index is 13.7. The second kappa shape index (κ2) is 5.41. The van der Waals surface area contributed by atoms with Crippen LogP contribution in [0, 0.1) is 12.7 Å². The van der Waals surface area contributed by atoms with Crippen LogP contribution in [-0.2, 0) is 0 Å². The fourth-order valence-corrected chi connectivity index (χ4v) is 3.07. The van der Waals surface area contributed by atoms with Crippen LogP contribution in [0.2, 0.25) is 0 Å². The summed E-state index contributed by atoms with van der Waals surface area (Å²) in [4.78, 5) is 17.9. The molecule has 3 aromatic heterocycles. The fourth-order valence-electron chi connectivity index (χ4n) is 3.07. The summed E-state index contributed by atoms with van der Waals surface area (Å²) in [5, 5.41) is 7.75. The molecular weight excluding hydrogens is 321 g/mol. The van der Waals surface area contributed by atoms with E-state index in [9.17, 15) is 9.18 Å². The zero-order valence-electron chi connectivity index (χ0n) is 14.0. The maximum atomic E-state index is 13.7. The molecule has 6 nitrogen and oxygen atoms in total. The molecule has 1 aromatic carbocycles. The molecule has 0 aliphatic carbocycles. The Bertz CT molecular complexity index is 1130. The molecule has 0 unspecified atom stereocenters. The quantitative estimate of drug-likeness (QED) is 0.611. The number of rotatable bonds is 2. The van der Waals surface area contributed by atoms with E-state index in [4.69, 9.17) is 0 Å². The van der Waals surface area contributed by atoms with E-state index >= 15 is 0 Å². The number of hydrogen-bond acceptors (Lipinski definition) is 3. The first-order valence-electron chi connectivity index (χ1n) is 7.79. The first-order chi connectivity index (χ1) is 12.0. The summed E-state index contributed by atoms with van der Waals surface area (Å²) < 4.78 is 15.7. The zero-order chi connectivity index (χ0) is 17.7. The van der Waals surface area contributed by atoms with Gasteiger partial charge in [-0.05, 0) is 36.8 Å². The Kier molecular flexibility index (Phi) is 3.31. The zero-order valence-corrected chi connectivity index (χ0v) is 14.0. The van der Waals surface area contributed by atoms with Gasteiger partial charge < -0.3 is 9.47 Å². The Hall–Kier alpha value is -3.22. The molecule has 0 saturated heterocycles. The van der Waals surface area contributed by atoms with E-state index in [1.54, 1.807) is 38.6 Å². The van der Waals surface area contributed by atoms with Gasteiger partial charge in [0.05, 0.1) is 34.6 Å². The van der Waals surface area contributed by atoms with Crippen LogP contribution in [0.15, 0.2) is 36.7 Å². The molecular formula is C18H16FN5O. The second-order valence-corrected chi connectivity index (χ2v) is 6.18. The number of carbonyl (C=O) groups is 1. The van der Waals surface area contributed by atoms with Crippen molar-refractivity contribution >= 4 is 27.8 Å². The Morgan fingerprint density at radius 3 is 2.72 bits per heavy atom. The van der Waals surface area contributed by atoms with Crippen LogP contribution >= 0.6 is 0 Å².